The molecule has 0 aliphatic carbocycles. The molecule has 0 aromatic heterocycles. The Bertz CT molecular complexity index is 191. The maximum absolute atomic E-state index is 5.27. The molecule has 1 rings (SSSR count). The molecular formula is C14H30N2O. The van der Waals surface area contributed by atoms with Crippen molar-refractivity contribution in [3.63, 3.8) is 0 Å². The first-order valence-corrected chi connectivity index (χ1v) is 7.11. The predicted octanol–water partition coefficient (Wildman–Crippen LogP) is 2.12. The second-order valence-electron chi connectivity index (χ2n) is 5.66. The summed E-state index contributed by atoms with van der Waals surface area (Å²) in [6, 6.07) is 1.13. The summed E-state index contributed by atoms with van der Waals surface area (Å²) >= 11 is 0. The van der Waals surface area contributed by atoms with Crippen molar-refractivity contribution in [3.05, 3.63) is 0 Å². The third-order valence-corrected chi connectivity index (χ3v) is 3.84. The number of piperidine rings is 1. The molecule has 0 radical (unpaired) electrons. The molecule has 1 aliphatic rings. The Kier molecular flexibility index (Phi) is 7.09. The van der Waals surface area contributed by atoms with Crippen molar-refractivity contribution in [2.45, 2.75) is 52.1 Å². The van der Waals surface area contributed by atoms with Gasteiger partial charge in [0.05, 0.1) is 6.61 Å². The highest BCUT2D eigenvalue weighted by Gasteiger charge is 2.19. The van der Waals surface area contributed by atoms with Gasteiger partial charge in [-0.2, -0.15) is 0 Å². The van der Waals surface area contributed by atoms with E-state index in [-0.39, 0.29) is 0 Å². The summed E-state index contributed by atoms with van der Waals surface area (Å²) in [7, 11) is 1.78. The Balaban J connectivity index is 2.26. The van der Waals surface area contributed by atoms with Gasteiger partial charge in [-0.15, -0.1) is 0 Å². The summed E-state index contributed by atoms with van der Waals surface area (Å²) in [5, 5.41) is 3.65. The second-order valence-corrected chi connectivity index (χ2v) is 5.66. The molecule has 0 aromatic rings. The summed E-state index contributed by atoms with van der Waals surface area (Å²) < 4.78 is 5.27. The molecule has 102 valence electrons. The zero-order valence-electron chi connectivity index (χ0n) is 12.0. The molecule has 0 aromatic carbocycles. The number of methoxy groups -OCH3 is 1. The summed E-state index contributed by atoms with van der Waals surface area (Å²) in [6.07, 6.45) is 4.15. The van der Waals surface area contributed by atoms with E-state index in [0.29, 0.717) is 18.0 Å². The Morgan fingerprint density at radius 3 is 2.29 bits per heavy atom. The summed E-state index contributed by atoms with van der Waals surface area (Å²) in [4.78, 5) is 2.61. The lowest BCUT2D eigenvalue weighted by atomic mass is 10.0. The minimum atomic E-state index is 0.479. The van der Waals surface area contributed by atoms with Crippen molar-refractivity contribution in [1.82, 2.24) is 10.2 Å². The smallest absolute Gasteiger partial charge is 0.0618 e. The van der Waals surface area contributed by atoms with E-state index in [2.05, 4.69) is 31.0 Å². The number of hydrogen-bond acceptors (Lipinski definition) is 3. The van der Waals surface area contributed by atoms with Crippen molar-refractivity contribution in [1.29, 1.82) is 0 Å². The van der Waals surface area contributed by atoms with Gasteiger partial charge in [0.1, 0.15) is 0 Å². The van der Waals surface area contributed by atoms with Gasteiger partial charge < -0.3 is 10.1 Å². The fourth-order valence-electron chi connectivity index (χ4n) is 2.48. The van der Waals surface area contributed by atoms with Gasteiger partial charge in [-0.05, 0) is 38.8 Å². The average molecular weight is 242 g/mol. The van der Waals surface area contributed by atoms with E-state index in [9.17, 15) is 0 Å². The lowest BCUT2D eigenvalue weighted by Crippen LogP contribution is -2.47. The first kappa shape index (κ1) is 14.9. The molecule has 3 nitrogen and oxygen atoms in total. The van der Waals surface area contributed by atoms with E-state index in [4.69, 9.17) is 4.74 Å². The zero-order valence-corrected chi connectivity index (χ0v) is 12.0. The third kappa shape index (κ3) is 5.36. The monoisotopic (exact) mass is 242 g/mol. The molecular weight excluding hydrogens is 212 g/mol. The molecule has 1 N–H and O–H groups in total. The highest BCUT2D eigenvalue weighted by Crippen LogP contribution is 2.12. The van der Waals surface area contributed by atoms with Crippen LogP contribution in [0.4, 0.5) is 0 Å². The third-order valence-electron chi connectivity index (χ3n) is 3.84. The average Bonchev–Trinajstić information content (AvgIpc) is 2.34. The highest BCUT2D eigenvalue weighted by atomic mass is 16.5. The highest BCUT2D eigenvalue weighted by molar-refractivity contribution is 4.77. The number of likely N-dealkylation sites (tertiary alicyclic amines) is 1. The van der Waals surface area contributed by atoms with E-state index in [0.717, 1.165) is 13.2 Å². The SMILES string of the molecule is COCC(NCC(C)N1CCCCC1)C(C)C. The Morgan fingerprint density at radius 1 is 1.12 bits per heavy atom. The number of ether oxygens (including phenoxy) is 1. The molecule has 17 heavy (non-hydrogen) atoms. The van der Waals surface area contributed by atoms with Gasteiger partial charge in [0.15, 0.2) is 0 Å². The summed E-state index contributed by atoms with van der Waals surface area (Å²) in [6.45, 7) is 11.3. The van der Waals surface area contributed by atoms with Gasteiger partial charge in [-0.3, -0.25) is 4.90 Å². The minimum absolute atomic E-state index is 0.479. The molecule has 3 heteroatoms. The largest absolute Gasteiger partial charge is 0.383 e. The van der Waals surface area contributed by atoms with Crippen LogP contribution in [0.3, 0.4) is 0 Å². The number of rotatable bonds is 7. The van der Waals surface area contributed by atoms with Crippen LogP contribution in [0, 0.1) is 5.92 Å². The van der Waals surface area contributed by atoms with Crippen LogP contribution >= 0.6 is 0 Å². The van der Waals surface area contributed by atoms with Gasteiger partial charge in [-0.25, -0.2) is 0 Å². The fraction of sp³-hybridized carbons (Fsp3) is 1.00. The molecule has 1 saturated heterocycles. The van der Waals surface area contributed by atoms with Crippen LogP contribution in [0.25, 0.3) is 0 Å². The van der Waals surface area contributed by atoms with Gasteiger partial charge in [-0.1, -0.05) is 20.3 Å². The van der Waals surface area contributed by atoms with Gasteiger partial charge in [0.25, 0.3) is 0 Å². The predicted molar refractivity (Wildman–Crippen MR) is 73.4 cm³/mol. The van der Waals surface area contributed by atoms with Crippen molar-refractivity contribution in [3.8, 4) is 0 Å². The van der Waals surface area contributed by atoms with Crippen LogP contribution in [-0.4, -0.2) is 50.3 Å². The molecule has 2 atom stereocenters. The van der Waals surface area contributed by atoms with Gasteiger partial charge in [0.2, 0.25) is 0 Å². The van der Waals surface area contributed by atoms with Crippen LogP contribution in [0.5, 0.6) is 0 Å². The summed E-state index contributed by atoms with van der Waals surface area (Å²) in [5.74, 6) is 0.628. The molecule has 0 spiro atoms. The van der Waals surface area contributed by atoms with E-state index < -0.39 is 0 Å². The van der Waals surface area contributed by atoms with Crippen LogP contribution in [0.1, 0.15) is 40.0 Å². The molecule has 1 heterocycles. The minimum Gasteiger partial charge on any atom is -0.383 e. The van der Waals surface area contributed by atoms with Gasteiger partial charge in [0, 0.05) is 25.7 Å². The lowest BCUT2D eigenvalue weighted by molar-refractivity contribution is 0.129. The number of nitrogens with zero attached hydrogens (tertiary/aromatic N) is 1. The molecule has 0 amide bonds. The number of nitrogens with one attached hydrogen (secondary N) is 1. The lowest BCUT2D eigenvalue weighted by Gasteiger charge is -2.34. The van der Waals surface area contributed by atoms with Crippen molar-refractivity contribution in [2.24, 2.45) is 5.92 Å². The van der Waals surface area contributed by atoms with E-state index in [1.807, 2.05) is 0 Å². The maximum atomic E-state index is 5.27. The molecule has 0 saturated carbocycles. The van der Waals surface area contributed by atoms with Crippen LogP contribution in [0.2, 0.25) is 0 Å². The van der Waals surface area contributed by atoms with E-state index >= 15 is 0 Å². The normalized spacial score (nSPS) is 21.7. The quantitative estimate of drug-likeness (QED) is 0.740. The molecule has 1 fully saturated rings. The maximum Gasteiger partial charge on any atom is 0.0618 e. The first-order chi connectivity index (χ1) is 8.15. The zero-order chi connectivity index (χ0) is 12.7. The van der Waals surface area contributed by atoms with E-state index in [1.165, 1.54) is 32.4 Å². The van der Waals surface area contributed by atoms with Crippen molar-refractivity contribution in [2.75, 3.05) is 33.4 Å². The Labute approximate surface area is 107 Å². The second kappa shape index (κ2) is 8.06. The number of hydrogen-bond donors (Lipinski definition) is 1. The molecule has 0 bridgehead atoms. The van der Waals surface area contributed by atoms with Gasteiger partial charge >= 0.3 is 0 Å². The Morgan fingerprint density at radius 2 is 1.76 bits per heavy atom. The van der Waals surface area contributed by atoms with Crippen LogP contribution in [0.15, 0.2) is 0 Å². The standard InChI is InChI=1S/C14H30N2O/c1-12(2)14(11-17-4)15-10-13(3)16-8-6-5-7-9-16/h12-15H,5-11H2,1-4H3. The van der Waals surface area contributed by atoms with Crippen molar-refractivity contribution >= 4 is 0 Å². The van der Waals surface area contributed by atoms with Crippen LogP contribution < -0.4 is 5.32 Å². The first-order valence-electron chi connectivity index (χ1n) is 7.11. The molecule has 1 aliphatic heterocycles. The Hall–Kier alpha value is -0.120. The van der Waals surface area contributed by atoms with Crippen molar-refractivity contribution < 1.29 is 4.74 Å². The molecule has 2 unspecified atom stereocenters. The topological polar surface area (TPSA) is 24.5 Å². The van der Waals surface area contributed by atoms with Crippen LogP contribution in [-0.2, 0) is 4.74 Å². The summed E-state index contributed by atoms with van der Waals surface area (Å²) in [5.41, 5.74) is 0. The van der Waals surface area contributed by atoms with E-state index in [1.54, 1.807) is 7.11 Å². The fourth-order valence-corrected chi connectivity index (χ4v) is 2.48.